The van der Waals surface area contributed by atoms with Gasteiger partial charge in [0, 0.05) is 20.8 Å². The molecule has 1 N–H and O–H groups in total. The standard InChI is InChI=1S/C17H19BrFNS/c1-12(2)10-20-11-13-7-8-14(9-15(13)18)21-17-6-4-3-5-16(17)19/h3-9,12,20H,10-11H2,1-2H3. The van der Waals surface area contributed by atoms with Crippen LogP contribution in [0.4, 0.5) is 4.39 Å². The Balaban J connectivity index is 2.03. The zero-order chi connectivity index (χ0) is 15.2. The van der Waals surface area contributed by atoms with E-state index in [1.54, 1.807) is 12.1 Å². The van der Waals surface area contributed by atoms with E-state index < -0.39 is 0 Å². The predicted octanol–water partition coefficient (Wildman–Crippen LogP) is 5.49. The molecule has 0 radical (unpaired) electrons. The highest BCUT2D eigenvalue weighted by Crippen LogP contribution is 2.32. The average Bonchev–Trinajstić information content (AvgIpc) is 2.43. The number of halogens is 2. The summed E-state index contributed by atoms with van der Waals surface area (Å²) in [4.78, 5) is 1.68. The second kappa shape index (κ2) is 7.97. The SMILES string of the molecule is CC(C)CNCc1ccc(Sc2ccccc2F)cc1Br. The van der Waals surface area contributed by atoms with Crippen molar-refractivity contribution in [1.82, 2.24) is 5.32 Å². The van der Waals surface area contributed by atoms with Gasteiger partial charge < -0.3 is 5.32 Å². The molecule has 112 valence electrons. The van der Waals surface area contributed by atoms with Crippen molar-refractivity contribution in [2.24, 2.45) is 5.92 Å². The third-order valence-electron chi connectivity index (χ3n) is 2.96. The summed E-state index contributed by atoms with van der Waals surface area (Å²) in [6, 6.07) is 13.0. The van der Waals surface area contributed by atoms with E-state index in [-0.39, 0.29) is 5.82 Å². The first-order valence-corrected chi connectivity index (χ1v) is 8.58. The summed E-state index contributed by atoms with van der Waals surface area (Å²) in [7, 11) is 0. The van der Waals surface area contributed by atoms with Crippen molar-refractivity contribution in [3.63, 3.8) is 0 Å². The molecule has 0 saturated carbocycles. The Morgan fingerprint density at radius 1 is 1.19 bits per heavy atom. The molecule has 0 unspecified atom stereocenters. The molecule has 2 aromatic carbocycles. The molecule has 0 aliphatic carbocycles. The third-order valence-corrected chi connectivity index (χ3v) is 4.74. The second-order valence-corrected chi connectivity index (χ2v) is 7.28. The van der Waals surface area contributed by atoms with Gasteiger partial charge in [-0.25, -0.2) is 4.39 Å². The summed E-state index contributed by atoms with van der Waals surface area (Å²) in [6.45, 7) is 6.22. The van der Waals surface area contributed by atoms with Gasteiger partial charge >= 0.3 is 0 Å². The number of hydrogen-bond acceptors (Lipinski definition) is 2. The summed E-state index contributed by atoms with van der Waals surface area (Å²) in [5.74, 6) is 0.459. The van der Waals surface area contributed by atoms with E-state index in [0.29, 0.717) is 10.8 Å². The molecule has 21 heavy (non-hydrogen) atoms. The normalized spacial score (nSPS) is 11.1. The van der Waals surface area contributed by atoms with E-state index in [1.807, 2.05) is 18.2 Å². The van der Waals surface area contributed by atoms with Gasteiger partial charge in [-0.2, -0.15) is 0 Å². The van der Waals surface area contributed by atoms with Crippen LogP contribution in [0.3, 0.4) is 0 Å². The minimum atomic E-state index is -0.179. The quantitative estimate of drug-likeness (QED) is 0.724. The van der Waals surface area contributed by atoms with Crippen molar-refractivity contribution >= 4 is 27.7 Å². The molecule has 0 atom stereocenters. The summed E-state index contributed by atoms with van der Waals surface area (Å²) in [5.41, 5.74) is 1.22. The van der Waals surface area contributed by atoms with Crippen LogP contribution in [0.15, 0.2) is 56.7 Å². The Hall–Kier alpha value is -0.840. The molecule has 0 fully saturated rings. The molecule has 0 aromatic heterocycles. The highest BCUT2D eigenvalue weighted by atomic mass is 79.9. The van der Waals surface area contributed by atoms with Gasteiger partial charge in [-0.15, -0.1) is 0 Å². The molecule has 0 bridgehead atoms. The van der Waals surface area contributed by atoms with Crippen LogP contribution in [0.2, 0.25) is 0 Å². The Kier molecular flexibility index (Phi) is 6.27. The highest BCUT2D eigenvalue weighted by molar-refractivity contribution is 9.10. The first kappa shape index (κ1) is 16.5. The molecule has 0 spiro atoms. The van der Waals surface area contributed by atoms with Gasteiger partial charge in [0.25, 0.3) is 0 Å². The molecule has 0 aliphatic heterocycles. The molecular formula is C17H19BrFNS. The van der Waals surface area contributed by atoms with Crippen LogP contribution >= 0.6 is 27.7 Å². The summed E-state index contributed by atoms with van der Waals surface area (Å²) in [6.07, 6.45) is 0. The van der Waals surface area contributed by atoms with Crippen LogP contribution in [0.1, 0.15) is 19.4 Å². The first-order chi connectivity index (χ1) is 10.1. The molecule has 0 heterocycles. The fourth-order valence-electron chi connectivity index (χ4n) is 1.88. The van der Waals surface area contributed by atoms with Gasteiger partial charge in [-0.1, -0.05) is 59.7 Å². The van der Waals surface area contributed by atoms with E-state index in [9.17, 15) is 4.39 Å². The molecule has 0 amide bonds. The van der Waals surface area contributed by atoms with Crippen LogP contribution < -0.4 is 5.32 Å². The topological polar surface area (TPSA) is 12.0 Å². The van der Waals surface area contributed by atoms with Gasteiger partial charge in [0.15, 0.2) is 0 Å². The van der Waals surface area contributed by atoms with Crippen LogP contribution in [0, 0.1) is 11.7 Å². The maximum atomic E-state index is 13.7. The van der Waals surface area contributed by atoms with Crippen molar-refractivity contribution in [2.75, 3.05) is 6.54 Å². The molecule has 2 rings (SSSR count). The molecule has 0 saturated heterocycles. The summed E-state index contributed by atoms with van der Waals surface area (Å²) in [5, 5.41) is 3.42. The van der Waals surface area contributed by atoms with Crippen LogP contribution in [-0.4, -0.2) is 6.54 Å². The Morgan fingerprint density at radius 2 is 1.95 bits per heavy atom. The van der Waals surface area contributed by atoms with Gasteiger partial charge in [0.1, 0.15) is 5.82 Å². The van der Waals surface area contributed by atoms with Crippen LogP contribution in [-0.2, 0) is 6.54 Å². The van der Waals surface area contributed by atoms with Crippen molar-refractivity contribution in [1.29, 1.82) is 0 Å². The lowest BCUT2D eigenvalue weighted by molar-refractivity contribution is 0.551. The van der Waals surface area contributed by atoms with Crippen LogP contribution in [0.5, 0.6) is 0 Å². The summed E-state index contributed by atoms with van der Waals surface area (Å²) < 4.78 is 14.7. The monoisotopic (exact) mass is 367 g/mol. The average molecular weight is 368 g/mol. The van der Waals surface area contributed by atoms with Gasteiger partial charge in [0.2, 0.25) is 0 Å². The van der Waals surface area contributed by atoms with Crippen molar-refractivity contribution in [2.45, 2.75) is 30.2 Å². The van der Waals surface area contributed by atoms with E-state index in [0.717, 1.165) is 22.5 Å². The lowest BCUT2D eigenvalue weighted by Gasteiger charge is -2.10. The number of hydrogen-bond donors (Lipinski definition) is 1. The number of nitrogens with one attached hydrogen (secondary N) is 1. The minimum absolute atomic E-state index is 0.179. The molecule has 0 aliphatic rings. The van der Waals surface area contributed by atoms with Crippen molar-refractivity contribution < 1.29 is 4.39 Å². The third kappa shape index (κ3) is 5.13. The largest absolute Gasteiger partial charge is 0.312 e. The minimum Gasteiger partial charge on any atom is -0.312 e. The maximum absolute atomic E-state index is 13.7. The Bertz CT molecular complexity index is 601. The van der Waals surface area contributed by atoms with E-state index in [4.69, 9.17) is 0 Å². The Morgan fingerprint density at radius 3 is 2.62 bits per heavy atom. The Labute approximate surface area is 138 Å². The maximum Gasteiger partial charge on any atom is 0.137 e. The van der Waals surface area contributed by atoms with E-state index in [2.05, 4.69) is 41.2 Å². The van der Waals surface area contributed by atoms with E-state index in [1.165, 1.54) is 23.4 Å². The molecular weight excluding hydrogens is 349 g/mol. The fraction of sp³-hybridized carbons (Fsp3) is 0.294. The van der Waals surface area contributed by atoms with Gasteiger partial charge in [-0.05, 0) is 42.3 Å². The zero-order valence-corrected chi connectivity index (χ0v) is 14.6. The first-order valence-electron chi connectivity index (χ1n) is 6.98. The number of benzene rings is 2. The zero-order valence-electron chi connectivity index (χ0n) is 12.2. The molecule has 1 nitrogen and oxygen atoms in total. The van der Waals surface area contributed by atoms with Crippen molar-refractivity contribution in [3.05, 3.63) is 58.3 Å². The van der Waals surface area contributed by atoms with Gasteiger partial charge in [-0.3, -0.25) is 0 Å². The molecule has 4 heteroatoms. The van der Waals surface area contributed by atoms with Crippen LogP contribution in [0.25, 0.3) is 0 Å². The molecule has 2 aromatic rings. The second-order valence-electron chi connectivity index (χ2n) is 5.31. The number of rotatable bonds is 6. The lowest BCUT2D eigenvalue weighted by Crippen LogP contribution is -2.19. The smallest absolute Gasteiger partial charge is 0.137 e. The van der Waals surface area contributed by atoms with Crippen molar-refractivity contribution in [3.8, 4) is 0 Å². The highest BCUT2D eigenvalue weighted by Gasteiger charge is 2.06. The predicted molar refractivity (Wildman–Crippen MR) is 91.2 cm³/mol. The van der Waals surface area contributed by atoms with E-state index >= 15 is 0 Å². The lowest BCUT2D eigenvalue weighted by atomic mass is 10.2. The fourth-order valence-corrected chi connectivity index (χ4v) is 3.43. The van der Waals surface area contributed by atoms with Gasteiger partial charge in [0.05, 0.1) is 0 Å². The summed E-state index contributed by atoms with van der Waals surface area (Å²) >= 11 is 5.04.